The number of unbranched alkanes of at least 4 members (excludes halogenated alkanes) is 7. The summed E-state index contributed by atoms with van der Waals surface area (Å²) in [5, 5.41) is 2.76. The van der Waals surface area contributed by atoms with Crippen molar-refractivity contribution in [1.29, 1.82) is 0 Å². The minimum absolute atomic E-state index is 0. The first-order valence-electron chi connectivity index (χ1n) is 13.7. The molecule has 0 saturated carbocycles. The van der Waals surface area contributed by atoms with Gasteiger partial charge in [0.25, 0.3) is 0 Å². The van der Waals surface area contributed by atoms with E-state index in [0.29, 0.717) is 0 Å². The van der Waals surface area contributed by atoms with Gasteiger partial charge in [-0.3, -0.25) is 0 Å². The number of nitrogens with zero attached hydrogens (tertiary/aromatic N) is 3. The van der Waals surface area contributed by atoms with E-state index in [1.807, 2.05) is 0 Å². The Morgan fingerprint density at radius 1 is 0.526 bits per heavy atom. The molecule has 5 aromatic rings. The van der Waals surface area contributed by atoms with E-state index in [1.165, 1.54) is 84.3 Å². The lowest BCUT2D eigenvalue weighted by atomic mass is 10.1. The minimum Gasteiger partial charge on any atom is -1.00 e. The summed E-state index contributed by atoms with van der Waals surface area (Å²) in [5.74, 6) is 0. The molecule has 0 saturated heterocycles. The van der Waals surface area contributed by atoms with Crippen LogP contribution in [0.3, 0.4) is 0 Å². The van der Waals surface area contributed by atoms with Crippen molar-refractivity contribution < 1.29 is 33.9 Å². The second-order valence-electron chi connectivity index (χ2n) is 10.1. The van der Waals surface area contributed by atoms with E-state index in [-0.39, 0.29) is 24.8 Å². The summed E-state index contributed by atoms with van der Waals surface area (Å²) in [6.45, 7) is 2.23. The molecule has 0 fully saturated rings. The van der Waals surface area contributed by atoms with Crippen LogP contribution in [0.15, 0.2) is 97.6 Å². The second-order valence-corrected chi connectivity index (χ2v) is 10.1. The Morgan fingerprint density at radius 2 is 0.974 bits per heavy atom. The molecule has 200 valence electrons. The van der Waals surface area contributed by atoms with Gasteiger partial charge in [0, 0.05) is 59.0 Å². The monoisotopic (exact) mass is 547 g/mol. The highest BCUT2D eigenvalue weighted by Gasteiger charge is 2.09. The Labute approximate surface area is 240 Å². The smallest absolute Gasteiger partial charge is 0.169 e. The molecule has 0 aliphatic heterocycles. The highest BCUT2D eigenvalue weighted by atomic mass is 35.5. The van der Waals surface area contributed by atoms with Gasteiger partial charge in [-0.1, -0.05) is 68.5 Å². The van der Waals surface area contributed by atoms with E-state index < -0.39 is 0 Å². The maximum atomic E-state index is 2.52. The molecule has 38 heavy (non-hydrogen) atoms. The average molecular weight is 549 g/mol. The van der Waals surface area contributed by atoms with Crippen molar-refractivity contribution in [3.63, 3.8) is 0 Å². The maximum absolute atomic E-state index is 2.52. The van der Waals surface area contributed by atoms with Crippen molar-refractivity contribution in [2.24, 2.45) is 7.05 Å². The van der Waals surface area contributed by atoms with Crippen LogP contribution in [0, 0.1) is 0 Å². The Kier molecular flexibility index (Phi) is 11.6. The lowest BCUT2D eigenvalue weighted by molar-refractivity contribution is -0.697. The topological polar surface area (TPSA) is 12.7 Å². The third-order valence-corrected chi connectivity index (χ3v) is 7.43. The molecule has 0 amide bonds. The number of aromatic nitrogens is 3. The molecule has 3 nitrogen and oxygen atoms in total. The fourth-order valence-electron chi connectivity index (χ4n) is 5.36. The largest absolute Gasteiger partial charge is 1.00 e. The van der Waals surface area contributed by atoms with Gasteiger partial charge in [0.2, 0.25) is 0 Å². The molecule has 0 bridgehead atoms. The summed E-state index contributed by atoms with van der Waals surface area (Å²) in [5.41, 5.74) is 5.31. The van der Waals surface area contributed by atoms with Crippen LogP contribution in [0.4, 0.5) is 0 Å². The van der Waals surface area contributed by atoms with E-state index in [2.05, 4.69) is 118 Å². The van der Waals surface area contributed by atoms with Gasteiger partial charge in [-0.15, -0.1) is 0 Å². The Morgan fingerprint density at radius 3 is 1.53 bits per heavy atom. The second kappa shape index (κ2) is 14.9. The first kappa shape index (κ1) is 29.7. The molecular weight excluding hydrogens is 509 g/mol. The number of hydrogen-bond acceptors (Lipinski definition) is 0. The molecule has 2 aromatic carbocycles. The van der Waals surface area contributed by atoms with Gasteiger partial charge in [0.15, 0.2) is 24.8 Å². The van der Waals surface area contributed by atoms with E-state index in [0.717, 1.165) is 13.1 Å². The van der Waals surface area contributed by atoms with Gasteiger partial charge in [-0.05, 0) is 36.1 Å². The summed E-state index contributed by atoms with van der Waals surface area (Å²) in [7, 11) is 2.05. The molecule has 3 heterocycles. The number of benzene rings is 2. The normalized spacial score (nSPS) is 10.9. The van der Waals surface area contributed by atoms with E-state index >= 15 is 0 Å². The zero-order valence-corrected chi connectivity index (χ0v) is 23.9. The summed E-state index contributed by atoms with van der Waals surface area (Å²) in [4.78, 5) is 0. The van der Waals surface area contributed by atoms with Crippen LogP contribution in [0.25, 0.3) is 32.9 Å². The van der Waals surface area contributed by atoms with Gasteiger partial charge in [0.05, 0.1) is 0 Å². The fraction of sp³-hybridized carbons (Fsp3) is 0.333. The van der Waals surface area contributed by atoms with Crippen LogP contribution in [-0.2, 0) is 20.1 Å². The number of rotatable bonds is 12. The number of pyridine rings is 2. The summed E-state index contributed by atoms with van der Waals surface area (Å²) < 4.78 is 6.91. The molecule has 5 rings (SSSR count). The molecule has 0 spiro atoms. The fourth-order valence-corrected chi connectivity index (χ4v) is 5.36. The van der Waals surface area contributed by atoms with Crippen LogP contribution < -0.4 is 33.9 Å². The predicted octanol–water partition coefficient (Wildman–Crippen LogP) is 1.40. The number of aryl methyl sites for hydroxylation is 3. The van der Waals surface area contributed by atoms with Crippen molar-refractivity contribution in [2.75, 3.05) is 0 Å². The van der Waals surface area contributed by atoms with Crippen molar-refractivity contribution in [1.82, 2.24) is 4.57 Å². The molecule has 0 N–H and O–H groups in total. The highest BCUT2D eigenvalue weighted by molar-refractivity contribution is 6.07. The van der Waals surface area contributed by atoms with Gasteiger partial charge in [-0.2, -0.15) is 0 Å². The quantitative estimate of drug-likeness (QED) is 0.165. The molecule has 0 atom stereocenters. The Hall–Kier alpha value is -2.88. The maximum Gasteiger partial charge on any atom is 0.169 e. The van der Waals surface area contributed by atoms with Crippen LogP contribution in [0.5, 0.6) is 0 Å². The van der Waals surface area contributed by atoms with Crippen LogP contribution >= 0.6 is 0 Å². The summed E-state index contributed by atoms with van der Waals surface area (Å²) in [6.07, 6.45) is 19.2. The first-order chi connectivity index (χ1) is 17.8. The lowest BCUT2D eigenvalue weighted by Crippen LogP contribution is -3.00. The number of para-hydroxylation sites is 2. The highest BCUT2D eigenvalue weighted by Crippen LogP contribution is 2.29. The van der Waals surface area contributed by atoms with Crippen molar-refractivity contribution >= 4 is 21.8 Å². The molecule has 0 radical (unpaired) electrons. The van der Waals surface area contributed by atoms with Crippen LogP contribution in [-0.4, -0.2) is 4.57 Å². The van der Waals surface area contributed by atoms with E-state index in [1.54, 1.807) is 0 Å². The van der Waals surface area contributed by atoms with Gasteiger partial charge in [-0.25, -0.2) is 9.13 Å². The zero-order valence-electron chi connectivity index (χ0n) is 22.4. The van der Waals surface area contributed by atoms with Gasteiger partial charge >= 0.3 is 0 Å². The summed E-state index contributed by atoms with van der Waals surface area (Å²) in [6, 6.07) is 26.5. The molecule has 3 aromatic heterocycles. The average Bonchev–Trinajstić information content (AvgIpc) is 3.24. The molecule has 0 unspecified atom stereocenters. The Balaban J connectivity index is 0.00000200. The molecule has 5 heteroatoms. The Bertz CT molecular complexity index is 1340. The van der Waals surface area contributed by atoms with Crippen LogP contribution in [0.1, 0.15) is 51.4 Å². The number of halogens is 2. The third-order valence-electron chi connectivity index (χ3n) is 7.43. The standard InChI is InChI=1S/C33H39N3.2ClH/c1-34-24-18-28(19-25-34)29-20-26-35(27-21-29)22-12-6-4-2-3-5-7-13-23-36-32-16-10-8-14-30(32)31-15-9-11-17-33(31)36;;/h8-11,14-21,24-27H,2-7,12-13,22-23H2,1H3;2*1H/q+2;;/p-2. The third kappa shape index (κ3) is 7.36. The van der Waals surface area contributed by atoms with E-state index in [4.69, 9.17) is 0 Å². The van der Waals surface area contributed by atoms with Gasteiger partial charge in [0.1, 0.15) is 13.6 Å². The first-order valence-corrected chi connectivity index (χ1v) is 13.7. The van der Waals surface area contributed by atoms with Crippen molar-refractivity contribution in [3.05, 3.63) is 97.6 Å². The number of hydrogen-bond donors (Lipinski definition) is 0. The zero-order chi connectivity index (χ0) is 24.6. The molecule has 0 aliphatic carbocycles. The molecule has 0 aliphatic rings. The van der Waals surface area contributed by atoms with Gasteiger partial charge < -0.3 is 29.4 Å². The lowest BCUT2D eigenvalue weighted by Gasteiger charge is -2.07. The predicted molar refractivity (Wildman–Crippen MR) is 150 cm³/mol. The SMILES string of the molecule is C[n+]1ccc(-c2cc[n+](CCCCCCCCCCn3c4ccccc4c4ccccc43)cc2)cc1.[Cl-].[Cl-]. The van der Waals surface area contributed by atoms with Crippen molar-refractivity contribution in [2.45, 2.75) is 64.5 Å². The molecular formula is C33H39Cl2N3. The number of fused-ring (bicyclic) bond motifs is 3. The van der Waals surface area contributed by atoms with Crippen molar-refractivity contribution in [3.8, 4) is 11.1 Å². The summed E-state index contributed by atoms with van der Waals surface area (Å²) >= 11 is 0. The van der Waals surface area contributed by atoms with E-state index in [9.17, 15) is 0 Å². The van der Waals surface area contributed by atoms with Crippen LogP contribution in [0.2, 0.25) is 0 Å². The minimum atomic E-state index is 0.